The van der Waals surface area contributed by atoms with Crippen molar-refractivity contribution < 1.29 is 18.0 Å². The van der Waals surface area contributed by atoms with Gasteiger partial charge in [-0.25, -0.2) is 13.1 Å². The Morgan fingerprint density at radius 2 is 1.93 bits per heavy atom. The standard InChI is InChI=1S/C18H26N4O4S.ClH/c1-12(21-17(24)15-11-18(15)6-8-20-9-7-18)16(23)22-13-4-3-5-14(10-13)27(25,26)19-2;/h3-5,10,12,15,19-20H,6-9,11H2,1-2H3,(H,21,24)(H,22,23);1H. The maximum absolute atomic E-state index is 12.5. The second-order valence-electron chi connectivity index (χ2n) is 7.32. The van der Waals surface area contributed by atoms with E-state index in [1.807, 2.05) is 0 Å². The van der Waals surface area contributed by atoms with Crippen molar-refractivity contribution in [2.24, 2.45) is 11.3 Å². The number of sulfonamides is 1. The molecule has 1 aromatic carbocycles. The SMILES string of the molecule is CNS(=O)(=O)c1cccc(NC(=O)C(C)NC(=O)C2CC23CCNCC3)c1.Cl. The van der Waals surface area contributed by atoms with E-state index < -0.39 is 16.1 Å². The number of halogens is 1. The highest BCUT2D eigenvalue weighted by Crippen LogP contribution is 2.58. The van der Waals surface area contributed by atoms with Gasteiger partial charge in [0, 0.05) is 11.6 Å². The normalized spacial score (nSPS) is 21.3. The lowest BCUT2D eigenvalue weighted by Crippen LogP contribution is -2.43. The average Bonchev–Trinajstić information content (AvgIpc) is 3.35. The molecule has 1 aliphatic carbocycles. The Morgan fingerprint density at radius 1 is 1.25 bits per heavy atom. The summed E-state index contributed by atoms with van der Waals surface area (Å²) in [6.45, 7) is 3.50. The lowest BCUT2D eigenvalue weighted by atomic mass is 9.91. The Bertz CT molecular complexity index is 840. The molecule has 28 heavy (non-hydrogen) atoms. The van der Waals surface area contributed by atoms with E-state index >= 15 is 0 Å². The summed E-state index contributed by atoms with van der Waals surface area (Å²) in [6, 6.07) is 5.27. The minimum atomic E-state index is -3.59. The number of anilines is 1. The highest BCUT2D eigenvalue weighted by molar-refractivity contribution is 7.89. The molecule has 2 aliphatic rings. The fourth-order valence-corrected chi connectivity index (χ4v) is 4.46. The number of rotatable bonds is 6. The van der Waals surface area contributed by atoms with Crippen LogP contribution in [0, 0.1) is 11.3 Å². The monoisotopic (exact) mass is 430 g/mol. The van der Waals surface area contributed by atoms with Crippen LogP contribution in [0.3, 0.4) is 0 Å². The van der Waals surface area contributed by atoms with Crippen molar-refractivity contribution in [3.63, 3.8) is 0 Å². The summed E-state index contributed by atoms with van der Waals surface area (Å²) < 4.78 is 26.0. The van der Waals surface area contributed by atoms with Crippen LogP contribution in [-0.2, 0) is 19.6 Å². The summed E-state index contributed by atoms with van der Waals surface area (Å²) in [5, 5.41) is 8.75. The molecule has 3 rings (SSSR count). The van der Waals surface area contributed by atoms with Crippen molar-refractivity contribution in [3.8, 4) is 0 Å². The molecule has 1 saturated heterocycles. The van der Waals surface area contributed by atoms with E-state index in [2.05, 4.69) is 20.7 Å². The largest absolute Gasteiger partial charge is 0.344 e. The van der Waals surface area contributed by atoms with Gasteiger partial charge in [-0.05, 0) is 69.9 Å². The highest BCUT2D eigenvalue weighted by Gasteiger charge is 2.57. The predicted octanol–water partition coefficient (Wildman–Crippen LogP) is 0.849. The molecule has 2 amide bonds. The van der Waals surface area contributed by atoms with Crippen LogP contribution in [0.4, 0.5) is 5.69 Å². The summed E-state index contributed by atoms with van der Waals surface area (Å²) in [4.78, 5) is 24.9. The first kappa shape index (κ1) is 22.6. The number of amides is 2. The summed E-state index contributed by atoms with van der Waals surface area (Å²) >= 11 is 0. The second-order valence-corrected chi connectivity index (χ2v) is 9.21. The first-order valence-corrected chi connectivity index (χ1v) is 10.6. The van der Waals surface area contributed by atoms with Gasteiger partial charge in [0.15, 0.2) is 0 Å². The van der Waals surface area contributed by atoms with Gasteiger partial charge in [0.2, 0.25) is 21.8 Å². The molecule has 10 heteroatoms. The van der Waals surface area contributed by atoms with Gasteiger partial charge in [-0.15, -0.1) is 12.4 Å². The summed E-state index contributed by atoms with van der Waals surface area (Å²) in [5.41, 5.74) is 0.472. The van der Waals surface area contributed by atoms with Crippen LogP contribution in [0.1, 0.15) is 26.2 Å². The summed E-state index contributed by atoms with van der Waals surface area (Å²) in [7, 11) is -2.27. The molecular weight excluding hydrogens is 404 g/mol. The van der Waals surface area contributed by atoms with Gasteiger partial charge in [-0.2, -0.15) is 0 Å². The fourth-order valence-electron chi connectivity index (χ4n) is 3.68. The number of piperidine rings is 1. The number of benzene rings is 1. The number of carbonyl (C=O) groups is 2. The fraction of sp³-hybridized carbons (Fsp3) is 0.556. The molecule has 1 aliphatic heterocycles. The molecule has 0 bridgehead atoms. The van der Waals surface area contributed by atoms with E-state index in [0.717, 1.165) is 32.4 Å². The Kier molecular flexibility index (Phi) is 7.08. The van der Waals surface area contributed by atoms with Crippen molar-refractivity contribution >= 4 is 39.9 Å². The van der Waals surface area contributed by atoms with Crippen molar-refractivity contribution in [1.29, 1.82) is 0 Å². The molecule has 156 valence electrons. The number of nitrogens with one attached hydrogen (secondary N) is 4. The molecule has 2 unspecified atom stereocenters. The zero-order valence-corrected chi connectivity index (χ0v) is 17.6. The van der Waals surface area contributed by atoms with Crippen molar-refractivity contribution in [1.82, 2.24) is 15.4 Å². The zero-order chi connectivity index (χ0) is 19.7. The summed E-state index contributed by atoms with van der Waals surface area (Å²) in [5.74, 6) is -0.479. The number of hydrogen-bond donors (Lipinski definition) is 4. The average molecular weight is 431 g/mol. The maximum atomic E-state index is 12.5. The van der Waals surface area contributed by atoms with Gasteiger partial charge < -0.3 is 16.0 Å². The summed E-state index contributed by atoms with van der Waals surface area (Å²) in [6.07, 6.45) is 2.88. The topological polar surface area (TPSA) is 116 Å². The smallest absolute Gasteiger partial charge is 0.246 e. The quantitative estimate of drug-likeness (QED) is 0.534. The molecule has 0 aromatic heterocycles. The van der Waals surface area contributed by atoms with E-state index in [0.29, 0.717) is 5.69 Å². The molecule has 1 saturated carbocycles. The van der Waals surface area contributed by atoms with Gasteiger partial charge in [-0.1, -0.05) is 6.07 Å². The number of carbonyl (C=O) groups excluding carboxylic acids is 2. The van der Waals surface area contributed by atoms with Gasteiger partial charge in [-0.3, -0.25) is 9.59 Å². The van der Waals surface area contributed by atoms with E-state index in [-0.39, 0.29) is 40.4 Å². The Hall–Kier alpha value is -1.68. The van der Waals surface area contributed by atoms with Crippen molar-refractivity contribution in [2.75, 3.05) is 25.5 Å². The lowest BCUT2D eigenvalue weighted by molar-refractivity contribution is -0.127. The molecular formula is C18H27ClN4O4S. The van der Waals surface area contributed by atoms with E-state index in [1.54, 1.807) is 19.1 Å². The third kappa shape index (κ3) is 4.83. The number of hydrogen-bond acceptors (Lipinski definition) is 5. The predicted molar refractivity (Wildman–Crippen MR) is 109 cm³/mol. The third-order valence-electron chi connectivity index (χ3n) is 5.54. The molecule has 2 atom stereocenters. The minimum absolute atomic E-state index is 0. The van der Waals surface area contributed by atoms with Crippen molar-refractivity contribution in [2.45, 2.75) is 37.1 Å². The molecule has 1 spiro atoms. The van der Waals surface area contributed by atoms with E-state index in [4.69, 9.17) is 0 Å². The lowest BCUT2D eigenvalue weighted by Gasteiger charge is -2.23. The molecule has 1 heterocycles. The zero-order valence-electron chi connectivity index (χ0n) is 15.9. The molecule has 0 radical (unpaired) electrons. The molecule has 1 aromatic rings. The third-order valence-corrected chi connectivity index (χ3v) is 6.95. The highest BCUT2D eigenvalue weighted by atomic mass is 35.5. The van der Waals surface area contributed by atoms with Gasteiger partial charge in [0.25, 0.3) is 0 Å². The van der Waals surface area contributed by atoms with Crippen LogP contribution in [0.2, 0.25) is 0 Å². The Labute approximate surface area is 171 Å². The van der Waals surface area contributed by atoms with E-state index in [9.17, 15) is 18.0 Å². The van der Waals surface area contributed by atoms with Gasteiger partial charge >= 0.3 is 0 Å². The van der Waals surface area contributed by atoms with Gasteiger partial charge in [0.05, 0.1) is 4.90 Å². The molecule has 8 nitrogen and oxygen atoms in total. The van der Waals surface area contributed by atoms with Crippen LogP contribution in [-0.4, -0.2) is 46.4 Å². The van der Waals surface area contributed by atoms with Crippen LogP contribution in [0.5, 0.6) is 0 Å². The molecule has 2 fully saturated rings. The maximum Gasteiger partial charge on any atom is 0.246 e. The molecule has 4 N–H and O–H groups in total. The van der Waals surface area contributed by atoms with E-state index in [1.165, 1.54) is 19.2 Å². The first-order chi connectivity index (χ1) is 12.8. The van der Waals surface area contributed by atoms with Crippen LogP contribution in [0.25, 0.3) is 0 Å². The van der Waals surface area contributed by atoms with Gasteiger partial charge in [0.1, 0.15) is 6.04 Å². The van der Waals surface area contributed by atoms with Crippen molar-refractivity contribution in [3.05, 3.63) is 24.3 Å². The second kappa shape index (κ2) is 8.77. The van der Waals surface area contributed by atoms with Crippen LogP contribution >= 0.6 is 12.4 Å². The minimum Gasteiger partial charge on any atom is -0.344 e. The first-order valence-electron chi connectivity index (χ1n) is 9.13. The van der Waals surface area contributed by atoms with Crippen LogP contribution < -0.4 is 20.7 Å². The van der Waals surface area contributed by atoms with Crippen LogP contribution in [0.15, 0.2) is 29.2 Å². The Morgan fingerprint density at radius 3 is 2.57 bits per heavy atom. The Balaban J connectivity index is 0.00000280.